The van der Waals surface area contributed by atoms with Crippen molar-refractivity contribution in [3.05, 3.63) is 22.4 Å². The number of hydrogen-bond acceptors (Lipinski definition) is 3. The summed E-state index contributed by atoms with van der Waals surface area (Å²) in [7, 11) is 0. The minimum Gasteiger partial charge on any atom is -0.328 e. The highest BCUT2D eigenvalue weighted by Crippen LogP contribution is 2.10. The van der Waals surface area contributed by atoms with Crippen LogP contribution in [0.4, 0.5) is 0 Å². The second kappa shape index (κ2) is 7.82. The van der Waals surface area contributed by atoms with Gasteiger partial charge in [0.2, 0.25) is 0 Å². The Morgan fingerprint density at radius 1 is 1.38 bits per heavy atom. The van der Waals surface area contributed by atoms with Gasteiger partial charge in [-0.2, -0.15) is 0 Å². The van der Waals surface area contributed by atoms with Crippen LogP contribution in [0.1, 0.15) is 38.0 Å². The Balaban J connectivity index is 2.00. The van der Waals surface area contributed by atoms with Crippen LogP contribution in [0.15, 0.2) is 17.5 Å². The van der Waals surface area contributed by atoms with Crippen molar-refractivity contribution in [1.29, 1.82) is 0 Å². The topological polar surface area (TPSA) is 38.0 Å². The molecule has 2 atom stereocenters. The van der Waals surface area contributed by atoms with Crippen molar-refractivity contribution in [3.63, 3.8) is 0 Å². The van der Waals surface area contributed by atoms with E-state index in [1.54, 1.807) is 0 Å². The molecule has 0 saturated carbocycles. The van der Waals surface area contributed by atoms with E-state index < -0.39 is 0 Å². The highest BCUT2D eigenvalue weighted by molar-refractivity contribution is 7.09. The van der Waals surface area contributed by atoms with Gasteiger partial charge in [0.05, 0.1) is 0 Å². The van der Waals surface area contributed by atoms with Gasteiger partial charge in [0.15, 0.2) is 0 Å². The lowest BCUT2D eigenvalue weighted by molar-refractivity contribution is 0.449. The molecule has 3 heteroatoms. The summed E-state index contributed by atoms with van der Waals surface area (Å²) >= 11 is 1.82. The predicted octanol–water partition coefficient (Wildman–Crippen LogP) is 2.99. The molecular weight excluding hydrogens is 216 g/mol. The Hall–Kier alpha value is -0.380. The number of rotatable bonds is 8. The highest BCUT2D eigenvalue weighted by Gasteiger charge is 2.03. The SMILES string of the molecule is CC(N)CCCC(C)CNCc1cccs1. The van der Waals surface area contributed by atoms with Crippen LogP contribution in [0.25, 0.3) is 0 Å². The average molecular weight is 240 g/mol. The van der Waals surface area contributed by atoms with E-state index in [-0.39, 0.29) is 0 Å². The maximum atomic E-state index is 5.73. The molecule has 0 spiro atoms. The molecule has 0 fully saturated rings. The van der Waals surface area contributed by atoms with Gasteiger partial charge in [-0.1, -0.05) is 19.4 Å². The first-order valence-electron chi connectivity index (χ1n) is 6.17. The lowest BCUT2D eigenvalue weighted by atomic mass is 10.0. The van der Waals surface area contributed by atoms with Gasteiger partial charge < -0.3 is 11.1 Å². The van der Waals surface area contributed by atoms with Crippen LogP contribution in [0.3, 0.4) is 0 Å². The fourth-order valence-corrected chi connectivity index (χ4v) is 2.42. The van der Waals surface area contributed by atoms with E-state index in [1.165, 1.54) is 17.7 Å². The van der Waals surface area contributed by atoms with Crippen LogP contribution in [0.5, 0.6) is 0 Å². The summed E-state index contributed by atoms with van der Waals surface area (Å²) in [5.74, 6) is 0.749. The third-order valence-corrected chi connectivity index (χ3v) is 3.60. The fraction of sp³-hybridized carbons (Fsp3) is 0.692. The van der Waals surface area contributed by atoms with E-state index in [0.717, 1.165) is 25.4 Å². The molecule has 1 aromatic heterocycles. The fourth-order valence-electron chi connectivity index (χ4n) is 1.75. The Bertz CT molecular complexity index is 257. The maximum Gasteiger partial charge on any atom is 0.0299 e. The molecule has 0 aliphatic rings. The van der Waals surface area contributed by atoms with Crippen LogP contribution in [-0.4, -0.2) is 12.6 Å². The second-order valence-corrected chi connectivity index (χ2v) is 5.76. The zero-order valence-corrected chi connectivity index (χ0v) is 11.2. The molecule has 3 N–H and O–H groups in total. The minimum atomic E-state index is 0.353. The summed E-state index contributed by atoms with van der Waals surface area (Å²) in [4.78, 5) is 1.42. The third-order valence-electron chi connectivity index (χ3n) is 2.73. The Morgan fingerprint density at radius 3 is 2.81 bits per heavy atom. The number of thiophene rings is 1. The molecule has 0 saturated heterocycles. The molecule has 2 unspecified atom stereocenters. The Labute approximate surface area is 103 Å². The molecule has 0 aliphatic carbocycles. The van der Waals surface area contributed by atoms with Gasteiger partial charge in [0.1, 0.15) is 0 Å². The molecule has 0 aromatic carbocycles. The molecule has 0 radical (unpaired) electrons. The van der Waals surface area contributed by atoms with Crippen molar-refractivity contribution in [3.8, 4) is 0 Å². The van der Waals surface area contributed by atoms with Gasteiger partial charge in [-0.15, -0.1) is 11.3 Å². The minimum absolute atomic E-state index is 0.353. The van der Waals surface area contributed by atoms with Crippen molar-refractivity contribution >= 4 is 11.3 Å². The molecular formula is C13H24N2S. The quantitative estimate of drug-likeness (QED) is 0.733. The first-order chi connectivity index (χ1) is 7.68. The molecule has 1 aromatic rings. The zero-order valence-electron chi connectivity index (χ0n) is 10.4. The van der Waals surface area contributed by atoms with Gasteiger partial charge in [-0.05, 0) is 43.7 Å². The van der Waals surface area contributed by atoms with Gasteiger partial charge in [0.25, 0.3) is 0 Å². The van der Waals surface area contributed by atoms with Crippen LogP contribution < -0.4 is 11.1 Å². The number of nitrogens with one attached hydrogen (secondary N) is 1. The van der Waals surface area contributed by atoms with E-state index in [1.807, 2.05) is 11.3 Å². The van der Waals surface area contributed by atoms with E-state index in [0.29, 0.717) is 6.04 Å². The first-order valence-corrected chi connectivity index (χ1v) is 7.05. The molecule has 0 amide bonds. The smallest absolute Gasteiger partial charge is 0.0299 e. The van der Waals surface area contributed by atoms with Crippen LogP contribution in [-0.2, 0) is 6.54 Å². The summed E-state index contributed by atoms with van der Waals surface area (Å²) in [6, 6.07) is 4.64. The summed E-state index contributed by atoms with van der Waals surface area (Å²) < 4.78 is 0. The van der Waals surface area contributed by atoms with Crippen molar-refractivity contribution in [2.75, 3.05) is 6.54 Å². The van der Waals surface area contributed by atoms with E-state index >= 15 is 0 Å². The molecule has 0 bridgehead atoms. The number of hydrogen-bond donors (Lipinski definition) is 2. The van der Waals surface area contributed by atoms with Crippen LogP contribution in [0, 0.1) is 5.92 Å². The lowest BCUT2D eigenvalue weighted by Crippen LogP contribution is -2.21. The number of nitrogens with two attached hydrogens (primary N) is 1. The molecule has 16 heavy (non-hydrogen) atoms. The van der Waals surface area contributed by atoms with Gasteiger partial charge in [-0.25, -0.2) is 0 Å². The maximum absolute atomic E-state index is 5.73. The van der Waals surface area contributed by atoms with Crippen LogP contribution >= 0.6 is 11.3 Å². The summed E-state index contributed by atoms with van der Waals surface area (Å²) in [5.41, 5.74) is 5.73. The molecule has 1 heterocycles. The lowest BCUT2D eigenvalue weighted by Gasteiger charge is -2.12. The first kappa shape index (κ1) is 13.7. The molecule has 0 aliphatic heterocycles. The van der Waals surface area contributed by atoms with Crippen molar-refractivity contribution in [2.24, 2.45) is 11.7 Å². The standard InChI is InChI=1S/C13H24N2S/c1-11(5-3-6-12(2)14)9-15-10-13-7-4-8-16-13/h4,7-8,11-12,15H,3,5-6,9-10,14H2,1-2H3. The van der Waals surface area contributed by atoms with Gasteiger partial charge in [0, 0.05) is 17.5 Å². The summed E-state index contributed by atoms with van der Waals surface area (Å²) in [6.45, 7) is 6.51. The zero-order chi connectivity index (χ0) is 11.8. The van der Waals surface area contributed by atoms with Gasteiger partial charge in [-0.3, -0.25) is 0 Å². The molecule has 2 nitrogen and oxygen atoms in total. The van der Waals surface area contributed by atoms with Crippen LogP contribution in [0.2, 0.25) is 0 Å². The Morgan fingerprint density at radius 2 is 2.19 bits per heavy atom. The molecule has 92 valence electrons. The van der Waals surface area contributed by atoms with Crippen molar-refractivity contribution in [1.82, 2.24) is 5.32 Å². The monoisotopic (exact) mass is 240 g/mol. The Kier molecular flexibility index (Phi) is 6.69. The predicted molar refractivity (Wildman–Crippen MR) is 72.7 cm³/mol. The van der Waals surface area contributed by atoms with Crippen molar-refractivity contribution in [2.45, 2.75) is 45.7 Å². The molecule has 1 rings (SSSR count). The summed E-state index contributed by atoms with van der Waals surface area (Å²) in [5, 5.41) is 5.63. The van der Waals surface area contributed by atoms with E-state index in [9.17, 15) is 0 Å². The van der Waals surface area contributed by atoms with E-state index in [2.05, 4.69) is 36.7 Å². The van der Waals surface area contributed by atoms with E-state index in [4.69, 9.17) is 5.73 Å². The van der Waals surface area contributed by atoms with Crippen molar-refractivity contribution < 1.29 is 0 Å². The summed E-state index contributed by atoms with van der Waals surface area (Å²) in [6.07, 6.45) is 3.67. The van der Waals surface area contributed by atoms with Gasteiger partial charge >= 0.3 is 0 Å². The normalized spacial score (nSPS) is 14.9. The highest BCUT2D eigenvalue weighted by atomic mass is 32.1. The largest absolute Gasteiger partial charge is 0.328 e. The third kappa shape index (κ3) is 6.26. The average Bonchev–Trinajstić information content (AvgIpc) is 2.70. The second-order valence-electron chi connectivity index (χ2n) is 4.72.